The number of nitrogens with one attached hydrogen (secondary N) is 1. The van der Waals surface area contributed by atoms with Crippen molar-refractivity contribution in [2.24, 2.45) is 0 Å². The van der Waals surface area contributed by atoms with E-state index in [-0.39, 0.29) is 12.0 Å². The Morgan fingerprint density at radius 1 is 1.30 bits per heavy atom. The van der Waals surface area contributed by atoms with Crippen LogP contribution in [0, 0.1) is 0 Å². The standard InChI is InChI=1S/C14H18F2N2O2/c15-6-11(7-16)18-8-12(10-4-2-1-3-5-10)13(9-18)17-14(19)20/h1-5,11-13,17H,6-9H2,(H,19,20). The van der Waals surface area contributed by atoms with Crippen molar-refractivity contribution < 1.29 is 18.7 Å². The molecule has 0 bridgehead atoms. The third kappa shape index (κ3) is 3.25. The fourth-order valence-electron chi connectivity index (χ4n) is 2.71. The summed E-state index contributed by atoms with van der Waals surface area (Å²) in [7, 11) is 0. The Kier molecular flexibility index (Phi) is 4.89. The lowest BCUT2D eigenvalue weighted by molar-refractivity contribution is 0.161. The summed E-state index contributed by atoms with van der Waals surface area (Å²) in [6, 6.07) is 8.30. The molecule has 1 aliphatic rings. The van der Waals surface area contributed by atoms with Gasteiger partial charge in [0.1, 0.15) is 13.3 Å². The normalized spacial score (nSPS) is 23.1. The lowest BCUT2D eigenvalue weighted by atomic mass is 9.94. The lowest BCUT2D eigenvalue weighted by Gasteiger charge is -2.22. The van der Waals surface area contributed by atoms with Gasteiger partial charge < -0.3 is 10.4 Å². The van der Waals surface area contributed by atoms with E-state index in [9.17, 15) is 13.6 Å². The van der Waals surface area contributed by atoms with Crippen LogP contribution in [-0.4, -0.2) is 54.6 Å². The van der Waals surface area contributed by atoms with Gasteiger partial charge in [-0.05, 0) is 5.56 Å². The molecule has 1 saturated heterocycles. The van der Waals surface area contributed by atoms with Gasteiger partial charge in [0.05, 0.1) is 12.1 Å². The van der Waals surface area contributed by atoms with Gasteiger partial charge in [-0.15, -0.1) is 0 Å². The molecule has 1 fully saturated rings. The molecule has 0 aromatic heterocycles. The van der Waals surface area contributed by atoms with Crippen molar-refractivity contribution in [1.82, 2.24) is 10.2 Å². The minimum Gasteiger partial charge on any atom is -0.465 e. The molecule has 2 rings (SSSR count). The van der Waals surface area contributed by atoms with Gasteiger partial charge in [0.2, 0.25) is 0 Å². The van der Waals surface area contributed by atoms with E-state index in [1.807, 2.05) is 30.3 Å². The predicted octanol–water partition coefficient (Wildman–Crippen LogP) is 2.03. The molecular formula is C14H18F2N2O2. The van der Waals surface area contributed by atoms with Gasteiger partial charge in [0.15, 0.2) is 0 Å². The summed E-state index contributed by atoms with van der Waals surface area (Å²) < 4.78 is 25.6. The molecule has 110 valence electrons. The monoisotopic (exact) mass is 284 g/mol. The van der Waals surface area contributed by atoms with E-state index in [1.165, 1.54) is 0 Å². The van der Waals surface area contributed by atoms with Crippen LogP contribution in [0.3, 0.4) is 0 Å². The van der Waals surface area contributed by atoms with Crippen LogP contribution >= 0.6 is 0 Å². The van der Waals surface area contributed by atoms with Gasteiger partial charge in [0.25, 0.3) is 0 Å². The van der Waals surface area contributed by atoms with Gasteiger partial charge in [-0.2, -0.15) is 0 Å². The fourth-order valence-corrected chi connectivity index (χ4v) is 2.71. The van der Waals surface area contributed by atoms with Crippen LogP contribution < -0.4 is 5.32 Å². The summed E-state index contributed by atoms with van der Waals surface area (Å²) in [5, 5.41) is 11.4. The highest BCUT2D eigenvalue weighted by atomic mass is 19.1. The molecule has 2 unspecified atom stereocenters. The van der Waals surface area contributed by atoms with E-state index in [2.05, 4.69) is 5.32 Å². The van der Waals surface area contributed by atoms with Crippen molar-refractivity contribution >= 4 is 6.09 Å². The summed E-state index contributed by atoms with van der Waals surface area (Å²) in [4.78, 5) is 12.5. The maximum atomic E-state index is 12.8. The summed E-state index contributed by atoms with van der Waals surface area (Å²) in [6.07, 6.45) is -1.12. The van der Waals surface area contributed by atoms with Gasteiger partial charge in [0, 0.05) is 19.0 Å². The smallest absolute Gasteiger partial charge is 0.404 e. The number of amides is 1. The summed E-state index contributed by atoms with van der Waals surface area (Å²) >= 11 is 0. The molecule has 4 nitrogen and oxygen atoms in total. The Morgan fingerprint density at radius 3 is 2.50 bits per heavy atom. The number of hydrogen-bond acceptors (Lipinski definition) is 2. The van der Waals surface area contributed by atoms with Gasteiger partial charge in [-0.25, -0.2) is 13.6 Å². The van der Waals surface area contributed by atoms with Crippen molar-refractivity contribution in [1.29, 1.82) is 0 Å². The highest BCUT2D eigenvalue weighted by Crippen LogP contribution is 2.29. The third-order valence-electron chi connectivity index (χ3n) is 3.76. The van der Waals surface area contributed by atoms with Crippen molar-refractivity contribution in [3.63, 3.8) is 0 Å². The first-order valence-electron chi connectivity index (χ1n) is 6.56. The van der Waals surface area contributed by atoms with Gasteiger partial charge in [-0.1, -0.05) is 30.3 Å². The number of benzene rings is 1. The first-order valence-corrected chi connectivity index (χ1v) is 6.56. The first kappa shape index (κ1) is 14.7. The summed E-state index contributed by atoms with van der Waals surface area (Å²) in [5.41, 5.74) is 0.977. The zero-order valence-corrected chi connectivity index (χ0v) is 11.0. The van der Waals surface area contributed by atoms with E-state index in [4.69, 9.17) is 5.11 Å². The van der Waals surface area contributed by atoms with Crippen LogP contribution in [0.4, 0.5) is 13.6 Å². The van der Waals surface area contributed by atoms with Crippen LogP contribution in [0.25, 0.3) is 0 Å². The average Bonchev–Trinajstić information content (AvgIpc) is 2.84. The van der Waals surface area contributed by atoms with E-state index < -0.39 is 25.5 Å². The number of halogens is 2. The lowest BCUT2D eigenvalue weighted by Crippen LogP contribution is -2.41. The van der Waals surface area contributed by atoms with E-state index >= 15 is 0 Å². The topological polar surface area (TPSA) is 52.6 Å². The number of alkyl halides is 2. The Hall–Kier alpha value is -1.69. The van der Waals surface area contributed by atoms with Crippen LogP contribution in [0.5, 0.6) is 0 Å². The molecule has 1 aromatic carbocycles. The third-order valence-corrected chi connectivity index (χ3v) is 3.76. The molecule has 0 aliphatic carbocycles. The molecule has 1 amide bonds. The minimum atomic E-state index is -1.12. The SMILES string of the molecule is O=C(O)NC1CN(C(CF)CF)CC1c1ccccc1. The number of carboxylic acid groups (broad SMARTS) is 1. The molecule has 2 N–H and O–H groups in total. The highest BCUT2D eigenvalue weighted by molar-refractivity contribution is 5.65. The Labute approximate surface area is 116 Å². The summed E-state index contributed by atoms with van der Waals surface area (Å²) in [5.74, 6) is -0.0899. The Balaban J connectivity index is 2.17. The molecule has 1 heterocycles. The molecule has 0 spiro atoms. The molecule has 1 aliphatic heterocycles. The second-order valence-electron chi connectivity index (χ2n) is 4.99. The van der Waals surface area contributed by atoms with Crippen LogP contribution in [0.15, 0.2) is 30.3 Å². The number of hydrogen-bond donors (Lipinski definition) is 2. The van der Waals surface area contributed by atoms with Crippen LogP contribution in [0.2, 0.25) is 0 Å². The number of rotatable bonds is 5. The maximum Gasteiger partial charge on any atom is 0.404 e. The molecule has 2 atom stereocenters. The molecular weight excluding hydrogens is 266 g/mol. The second-order valence-corrected chi connectivity index (χ2v) is 4.99. The molecule has 6 heteroatoms. The molecule has 1 aromatic rings. The zero-order valence-electron chi connectivity index (χ0n) is 11.0. The molecule has 20 heavy (non-hydrogen) atoms. The van der Waals surface area contributed by atoms with Crippen LogP contribution in [-0.2, 0) is 0 Å². The predicted molar refractivity (Wildman–Crippen MR) is 71.4 cm³/mol. The van der Waals surface area contributed by atoms with Crippen molar-refractivity contribution in [2.75, 3.05) is 26.4 Å². The van der Waals surface area contributed by atoms with E-state index in [0.29, 0.717) is 13.1 Å². The Bertz CT molecular complexity index is 440. The summed E-state index contributed by atoms with van der Waals surface area (Å²) in [6.45, 7) is -0.757. The van der Waals surface area contributed by atoms with E-state index in [0.717, 1.165) is 5.56 Å². The maximum absolute atomic E-state index is 12.8. The number of carbonyl (C=O) groups is 1. The van der Waals surface area contributed by atoms with Gasteiger partial charge >= 0.3 is 6.09 Å². The second kappa shape index (κ2) is 6.65. The highest BCUT2D eigenvalue weighted by Gasteiger charge is 2.37. The zero-order chi connectivity index (χ0) is 14.5. The van der Waals surface area contributed by atoms with E-state index in [1.54, 1.807) is 4.90 Å². The van der Waals surface area contributed by atoms with Gasteiger partial charge in [-0.3, -0.25) is 4.90 Å². The Morgan fingerprint density at radius 2 is 1.95 bits per heavy atom. The molecule has 0 radical (unpaired) electrons. The van der Waals surface area contributed by atoms with Crippen LogP contribution in [0.1, 0.15) is 11.5 Å². The number of nitrogens with zero attached hydrogens (tertiary/aromatic N) is 1. The number of likely N-dealkylation sites (tertiary alicyclic amines) is 1. The largest absolute Gasteiger partial charge is 0.465 e. The quantitative estimate of drug-likeness (QED) is 0.870. The fraction of sp³-hybridized carbons (Fsp3) is 0.500. The van der Waals surface area contributed by atoms with Crippen molar-refractivity contribution in [3.8, 4) is 0 Å². The van der Waals surface area contributed by atoms with Crippen molar-refractivity contribution in [3.05, 3.63) is 35.9 Å². The van der Waals surface area contributed by atoms with Crippen molar-refractivity contribution in [2.45, 2.75) is 18.0 Å². The molecule has 0 saturated carbocycles. The minimum absolute atomic E-state index is 0.0899. The average molecular weight is 284 g/mol. The first-order chi connectivity index (χ1) is 9.65.